The maximum atomic E-state index is 9.34. The zero-order chi connectivity index (χ0) is 11.3. The fraction of sp³-hybridized carbons (Fsp3) is 0.857. The fourth-order valence-electron chi connectivity index (χ4n) is 0. The molecule has 0 fully saturated rings. The normalized spacial score (nSPS) is 6.36. The van der Waals surface area contributed by atoms with Gasteiger partial charge in [-0.25, -0.2) is 4.79 Å². The first-order valence-electron chi connectivity index (χ1n) is 3.89. The molecule has 14 heavy (non-hydrogen) atoms. The Hall–Kier alpha value is -1.21. The Balaban J connectivity index is -0.0000000535. The zero-order valence-corrected chi connectivity index (χ0v) is 8.94. The second-order valence-corrected chi connectivity index (χ2v) is 1.94. The van der Waals surface area contributed by atoms with Crippen LogP contribution in [0.25, 0.3) is 0 Å². The molecule has 0 amide bonds. The lowest BCUT2D eigenvalue weighted by Gasteiger charge is -1.76. The smallest absolute Gasteiger partial charge is 0.339 e. The number of nitro groups is 1. The van der Waals surface area contributed by atoms with Crippen molar-refractivity contribution in [1.82, 2.24) is 0 Å². The van der Waals surface area contributed by atoms with Crippen LogP contribution in [0.3, 0.4) is 0 Å². The molecule has 0 saturated heterocycles. The average molecular weight is 213 g/mol. The van der Waals surface area contributed by atoms with Crippen LogP contribution >= 0.6 is 0 Å². The highest BCUT2D eigenvalue weighted by molar-refractivity contribution is 5.64. The van der Waals surface area contributed by atoms with Gasteiger partial charge in [-0.3, -0.25) is 10.1 Å². The summed E-state index contributed by atoms with van der Waals surface area (Å²) in [6.07, 6.45) is 1.25. The van der Waals surface area contributed by atoms with Crippen LogP contribution in [0.5, 0.6) is 0 Å². The molecular weight excluding hydrogens is 194 g/mol. The van der Waals surface area contributed by atoms with Crippen LogP contribution in [0.2, 0.25) is 0 Å². The minimum Gasteiger partial charge on any atom is -0.412 e. The van der Waals surface area contributed by atoms with Crippen molar-refractivity contribution in [2.75, 3.05) is 6.54 Å². The molecule has 0 aliphatic heterocycles. The maximum absolute atomic E-state index is 9.34. The van der Waals surface area contributed by atoms with Gasteiger partial charge in [-0.1, -0.05) is 20.3 Å². The largest absolute Gasteiger partial charge is 0.412 e. The highest BCUT2D eigenvalue weighted by Crippen LogP contribution is 1.59. The van der Waals surface area contributed by atoms with Gasteiger partial charge in [0.05, 0.1) is 0 Å². The molecule has 7 heteroatoms. The minimum atomic E-state index is -0.690. The summed E-state index contributed by atoms with van der Waals surface area (Å²) in [7, 11) is 0. The van der Waals surface area contributed by atoms with Gasteiger partial charge in [0.2, 0.25) is 6.54 Å². The number of carbonyl (C=O) groups excluding carboxylic acids is 1. The van der Waals surface area contributed by atoms with Crippen molar-refractivity contribution < 1.29 is 25.3 Å². The van der Waals surface area contributed by atoms with Gasteiger partial charge in [0.1, 0.15) is 0 Å². The molecule has 0 heterocycles. The summed E-state index contributed by atoms with van der Waals surface area (Å²) in [5.74, 6) is -0.690. The third-order valence-corrected chi connectivity index (χ3v) is 0.387. The third kappa shape index (κ3) is 133. The topological polar surface area (TPSA) is 121 Å². The minimum absolute atomic E-state index is 0. The summed E-state index contributed by atoms with van der Waals surface area (Å²) in [6.45, 7) is 6.89. The zero-order valence-electron chi connectivity index (χ0n) is 8.94. The molecular formula is C7H19NO6. The lowest BCUT2D eigenvalue weighted by molar-refractivity contribution is -0.475. The van der Waals surface area contributed by atoms with E-state index in [4.69, 9.17) is 5.26 Å². The Morgan fingerprint density at radius 2 is 1.57 bits per heavy atom. The van der Waals surface area contributed by atoms with E-state index >= 15 is 0 Å². The van der Waals surface area contributed by atoms with E-state index in [9.17, 15) is 14.9 Å². The molecule has 0 aromatic carbocycles. The molecule has 88 valence electrons. The average Bonchev–Trinajstić information content (AvgIpc) is 2.07. The summed E-state index contributed by atoms with van der Waals surface area (Å²) in [5.41, 5.74) is 0. The van der Waals surface area contributed by atoms with Gasteiger partial charge < -0.3 is 10.4 Å². The first-order valence-corrected chi connectivity index (χ1v) is 3.89. The highest BCUT2D eigenvalue weighted by Gasteiger charge is 1.79. The quantitative estimate of drug-likeness (QED) is 0.394. The Labute approximate surface area is 83.1 Å². The molecule has 0 spiro atoms. The van der Waals surface area contributed by atoms with Crippen LogP contribution in [0.1, 0.15) is 34.1 Å². The highest BCUT2D eigenvalue weighted by atomic mass is 17.1. The first-order chi connectivity index (χ1) is 5.95. The van der Waals surface area contributed by atoms with Gasteiger partial charge in [0.25, 0.3) is 0 Å². The molecule has 0 radical (unpaired) electrons. The molecule has 0 saturated carbocycles. The van der Waals surface area contributed by atoms with Crippen LogP contribution in [-0.4, -0.2) is 28.2 Å². The Morgan fingerprint density at radius 3 is 1.57 bits per heavy atom. The van der Waals surface area contributed by atoms with Crippen LogP contribution in [0.15, 0.2) is 0 Å². The van der Waals surface area contributed by atoms with E-state index in [0.29, 0.717) is 0 Å². The summed E-state index contributed by atoms with van der Waals surface area (Å²) in [5, 5.41) is 16.5. The number of carbonyl (C=O) groups is 1. The van der Waals surface area contributed by atoms with Gasteiger partial charge >= 0.3 is 5.97 Å². The molecule has 0 aliphatic carbocycles. The molecule has 0 unspecified atom stereocenters. The Bertz CT molecular complexity index is 113. The van der Waals surface area contributed by atoms with Crippen LogP contribution < -0.4 is 0 Å². The van der Waals surface area contributed by atoms with E-state index in [1.54, 1.807) is 0 Å². The van der Waals surface area contributed by atoms with Gasteiger partial charge in [0.15, 0.2) is 0 Å². The summed E-state index contributed by atoms with van der Waals surface area (Å²) < 4.78 is 0. The van der Waals surface area contributed by atoms with Crippen molar-refractivity contribution in [3.63, 3.8) is 0 Å². The van der Waals surface area contributed by atoms with Crippen LogP contribution in [0, 0.1) is 10.1 Å². The molecule has 0 rings (SSSR count). The molecule has 0 atom stereocenters. The van der Waals surface area contributed by atoms with E-state index in [2.05, 4.69) is 18.7 Å². The second-order valence-electron chi connectivity index (χ2n) is 1.94. The monoisotopic (exact) mass is 213 g/mol. The van der Waals surface area contributed by atoms with Crippen molar-refractivity contribution in [2.24, 2.45) is 0 Å². The van der Waals surface area contributed by atoms with E-state index in [-0.39, 0.29) is 16.9 Å². The Morgan fingerprint density at radius 1 is 1.43 bits per heavy atom. The van der Waals surface area contributed by atoms with E-state index in [1.165, 1.54) is 13.3 Å². The predicted molar refractivity (Wildman–Crippen MR) is 51.5 cm³/mol. The summed E-state index contributed by atoms with van der Waals surface area (Å²) in [6, 6.07) is 0. The number of rotatable bonds is 1. The van der Waals surface area contributed by atoms with E-state index in [1.807, 2.05) is 0 Å². The lowest BCUT2D eigenvalue weighted by atomic mass is 10.6. The molecule has 7 nitrogen and oxygen atoms in total. The molecule has 0 aromatic rings. The fourth-order valence-corrected chi connectivity index (χ4v) is 0. The summed E-state index contributed by atoms with van der Waals surface area (Å²) in [4.78, 5) is 21.2. The maximum Gasteiger partial charge on any atom is 0.339 e. The number of hydrogen-bond acceptors (Lipinski definition) is 5. The van der Waals surface area contributed by atoms with Gasteiger partial charge in [-0.2, -0.15) is 5.26 Å². The number of nitrogens with zero attached hydrogens (tertiary/aromatic N) is 1. The summed E-state index contributed by atoms with van der Waals surface area (Å²) >= 11 is 0. The predicted octanol–water partition coefficient (Wildman–Crippen LogP) is 0.897. The molecule has 0 bridgehead atoms. The van der Waals surface area contributed by atoms with Crippen molar-refractivity contribution >= 4 is 5.97 Å². The number of hydrogen-bond donors (Lipinski definition) is 1. The van der Waals surface area contributed by atoms with Crippen molar-refractivity contribution in [2.45, 2.75) is 34.1 Å². The lowest BCUT2D eigenvalue weighted by Crippen LogP contribution is -1.92. The van der Waals surface area contributed by atoms with Crippen molar-refractivity contribution in [3.8, 4) is 0 Å². The third-order valence-electron chi connectivity index (χ3n) is 0.387. The van der Waals surface area contributed by atoms with Gasteiger partial charge in [-0.15, -0.1) is 0 Å². The van der Waals surface area contributed by atoms with Crippen molar-refractivity contribution in [3.05, 3.63) is 10.1 Å². The molecule has 0 aromatic heterocycles. The standard InChI is InChI=1S/C3H8.C2H5NO2.C2H4O3.H2O/c1-3-2;1-2-3(4)5;1-2(3)5-4;/h3H2,1-2H3;2H2,1H3;4H,1H3;1H2. The SMILES string of the molecule is CC(=O)OO.CCC.CC[N+](=O)[O-].O. The van der Waals surface area contributed by atoms with Gasteiger partial charge in [-0.05, 0) is 0 Å². The van der Waals surface area contributed by atoms with E-state index < -0.39 is 5.97 Å². The van der Waals surface area contributed by atoms with Gasteiger partial charge in [0, 0.05) is 18.8 Å². The second kappa shape index (κ2) is 22.6. The van der Waals surface area contributed by atoms with Crippen LogP contribution in [0.4, 0.5) is 0 Å². The van der Waals surface area contributed by atoms with Crippen LogP contribution in [-0.2, 0) is 9.68 Å². The first kappa shape index (κ1) is 23.0. The van der Waals surface area contributed by atoms with E-state index in [0.717, 1.165) is 6.92 Å². The Kier molecular flexibility index (Phi) is 37.2. The molecule has 3 N–H and O–H groups in total. The molecule has 0 aliphatic rings. The van der Waals surface area contributed by atoms with Crippen molar-refractivity contribution in [1.29, 1.82) is 0 Å².